The smallest absolute Gasteiger partial charge is 0.274 e. The van der Waals surface area contributed by atoms with Gasteiger partial charge in [0.1, 0.15) is 11.4 Å². The van der Waals surface area contributed by atoms with E-state index in [1.807, 2.05) is 0 Å². The number of aromatic nitrogens is 1. The summed E-state index contributed by atoms with van der Waals surface area (Å²) >= 11 is 0. The van der Waals surface area contributed by atoms with E-state index < -0.39 is 22.9 Å². The maximum atomic E-state index is 14.0. The third-order valence-corrected chi connectivity index (χ3v) is 6.52. The van der Waals surface area contributed by atoms with Gasteiger partial charge in [-0.2, -0.15) is 0 Å². The first-order chi connectivity index (χ1) is 14.3. The molecule has 1 saturated carbocycles. The zero-order chi connectivity index (χ0) is 21.2. The average molecular weight is 411 g/mol. The quantitative estimate of drug-likeness (QED) is 0.808. The molecule has 30 heavy (non-hydrogen) atoms. The topological polar surface area (TPSA) is 91.6 Å². The predicted octanol–water partition coefficient (Wildman–Crippen LogP) is 1.97. The number of hydrogen-bond acceptors (Lipinski definition) is 4. The van der Waals surface area contributed by atoms with Crippen molar-refractivity contribution in [3.8, 4) is 5.75 Å². The molecule has 7 nitrogen and oxygen atoms in total. The Hall–Kier alpha value is -3.16. The molecule has 0 radical (unpaired) electrons. The number of hydrogen-bond donors (Lipinski definition) is 2. The second kappa shape index (κ2) is 6.68. The van der Waals surface area contributed by atoms with Crippen molar-refractivity contribution in [3.05, 3.63) is 62.8 Å². The minimum absolute atomic E-state index is 0.0429. The van der Waals surface area contributed by atoms with Gasteiger partial charge >= 0.3 is 0 Å². The van der Waals surface area contributed by atoms with E-state index in [4.69, 9.17) is 0 Å². The number of benzene rings is 1. The van der Waals surface area contributed by atoms with Crippen LogP contribution in [-0.2, 0) is 6.54 Å². The summed E-state index contributed by atoms with van der Waals surface area (Å²) in [7, 11) is 0. The predicted molar refractivity (Wildman–Crippen MR) is 106 cm³/mol. The first-order valence-electron chi connectivity index (χ1n) is 10.1. The van der Waals surface area contributed by atoms with E-state index >= 15 is 0 Å². The zero-order valence-corrected chi connectivity index (χ0v) is 16.5. The van der Waals surface area contributed by atoms with Gasteiger partial charge in [0, 0.05) is 31.4 Å². The van der Waals surface area contributed by atoms with Crippen LogP contribution in [0.15, 0.2) is 29.2 Å². The number of carbonyl (C=O) groups excluding carboxylic acids is 2. The van der Waals surface area contributed by atoms with Crippen LogP contribution in [0, 0.1) is 24.6 Å². The Morgan fingerprint density at radius 1 is 1.23 bits per heavy atom. The number of aromatic hydroxyl groups is 1. The van der Waals surface area contributed by atoms with Gasteiger partial charge in [-0.25, -0.2) is 4.39 Å². The largest absolute Gasteiger partial charge is 0.503 e. The van der Waals surface area contributed by atoms with Crippen molar-refractivity contribution in [2.45, 2.75) is 32.4 Å². The van der Waals surface area contributed by atoms with Crippen LogP contribution in [0.3, 0.4) is 0 Å². The van der Waals surface area contributed by atoms with Gasteiger partial charge < -0.3 is 19.9 Å². The summed E-state index contributed by atoms with van der Waals surface area (Å²) < 4.78 is 15.6. The fraction of sp³-hybridized carbons (Fsp3) is 0.409. The normalized spacial score (nSPS) is 24.0. The standard InChI is InChI=1S/C22H22FN3O4/c1-11-2-3-12(17(23)4-11)7-24-21(29)16-10-26-15-6-13-5-14(13)8-25(9-15)22(30)18(26)20(28)19(16)27/h2-4,10,13-15,28H,5-9H2,1H3,(H,24,29)/t13-,14+,15+/m1/s1. The van der Waals surface area contributed by atoms with E-state index in [1.165, 1.54) is 12.3 Å². The third kappa shape index (κ3) is 2.98. The zero-order valence-electron chi connectivity index (χ0n) is 16.5. The highest BCUT2D eigenvalue weighted by molar-refractivity contribution is 5.99. The number of pyridine rings is 1. The van der Waals surface area contributed by atoms with E-state index in [9.17, 15) is 23.9 Å². The van der Waals surface area contributed by atoms with Crippen LogP contribution in [0.25, 0.3) is 0 Å². The molecule has 1 saturated heterocycles. The number of nitrogens with zero attached hydrogens (tertiary/aromatic N) is 2. The van der Waals surface area contributed by atoms with Crippen LogP contribution in [0.1, 0.15) is 50.9 Å². The van der Waals surface area contributed by atoms with Gasteiger partial charge in [-0.05, 0) is 43.2 Å². The Morgan fingerprint density at radius 3 is 2.80 bits per heavy atom. The van der Waals surface area contributed by atoms with Crippen LogP contribution in [0.4, 0.5) is 4.39 Å². The highest BCUT2D eigenvalue weighted by Gasteiger charge is 2.47. The van der Waals surface area contributed by atoms with Crippen molar-refractivity contribution in [2.75, 3.05) is 13.1 Å². The molecule has 2 fully saturated rings. The van der Waals surface area contributed by atoms with Gasteiger partial charge in [-0.15, -0.1) is 0 Å². The summed E-state index contributed by atoms with van der Waals surface area (Å²) in [6, 6.07) is 4.60. The Labute approximate surface area is 172 Å². The summed E-state index contributed by atoms with van der Waals surface area (Å²) in [6.07, 6.45) is 3.30. The Bertz CT molecular complexity index is 1140. The molecule has 2 amide bonds. The molecule has 2 aromatic rings. The van der Waals surface area contributed by atoms with Gasteiger partial charge in [0.15, 0.2) is 11.4 Å². The maximum absolute atomic E-state index is 14.0. The SMILES string of the molecule is Cc1ccc(CNC(=O)c2cn3c(c(O)c2=O)C(=O)N2C[C@@H]4C[C@@H]4C[C@H]3C2)c(F)c1. The highest BCUT2D eigenvalue weighted by atomic mass is 19.1. The molecule has 3 atom stereocenters. The van der Waals surface area contributed by atoms with Crippen LogP contribution in [0.5, 0.6) is 5.75 Å². The molecular formula is C22H22FN3O4. The first kappa shape index (κ1) is 18.8. The average Bonchev–Trinajstić information content (AvgIpc) is 3.44. The minimum Gasteiger partial charge on any atom is -0.503 e. The van der Waals surface area contributed by atoms with E-state index in [1.54, 1.807) is 28.5 Å². The van der Waals surface area contributed by atoms with Crippen molar-refractivity contribution >= 4 is 11.8 Å². The molecule has 2 bridgehead atoms. The molecule has 2 N–H and O–H groups in total. The second-order valence-corrected chi connectivity index (χ2v) is 8.61. The monoisotopic (exact) mass is 411 g/mol. The van der Waals surface area contributed by atoms with Gasteiger partial charge in [0.05, 0.1) is 6.04 Å². The van der Waals surface area contributed by atoms with E-state index in [0.717, 1.165) is 18.4 Å². The van der Waals surface area contributed by atoms with E-state index in [0.29, 0.717) is 30.5 Å². The summed E-state index contributed by atoms with van der Waals surface area (Å²) in [5, 5.41) is 13.1. The summed E-state index contributed by atoms with van der Waals surface area (Å²) in [5.74, 6) is -1.21. The summed E-state index contributed by atoms with van der Waals surface area (Å²) in [5.41, 5.74) is -0.118. The summed E-state index contributed by atoms with van der Waals surface area (Å²) in [4.78, 5) is 39.9. The van der Waals surface area contributed by atoms with Crippen molar-refractivity contribution in [1.82, 2.24) is 14.8 Å². The molecule has 5 rings (SSSR count). The fourth-order valence-electron chi connectivity index (χ4n) is 4.72. The van der Waals surface area contributed by atoms with Crippen molar-refractivity contribution in [3.63, 3.8) is 0 Å². The number of nitrogens with one attached hydrogen (secondary N) is 1. The molecule has 1 aromatic heterocycles. The molecule has 156 valence electrons. The van der Waals surface area contributed by atoms with Crippen LogP contribution < -0.4 is 10.7 Å². The molecule has 2 aliphatic heterocycles. The van der Waals surface area contributed by atoms with Gasteiger partial charge in [-0.1, -0.05) is 12.1 Å². The maximum Gasteiger partial charge on any atom is 0.274 e. The second-order valence-electron chi connectivity index (χ2n) is 8.61. The van der Waals surface area contributed by atoms with Crippen LogP contribution in [0.2, 0.25) is 0 Å². The molecule has 0 unspecified atom stereocenters. The van der Waals surface area contributed by atoms with Crippen molar-refractivity contribution < 1.29 is 19.1 Å². The molecule has 3 aliphatic rings. The van der Waals surface area contributed by atoms with E-state index in [-0.39, 0.29) is 29.8 Å². The Balaban J connectivity index is 1.46. The molecule has 1 aliphatic carbocycles. The third-order valence-electron chi connectivity index (χ3n) is 6.52. The lowest BCUT2D eigenvalue weighted by atomic mass is 10.0. The van der Waals surface area contributed by atoms with Crippen LogP contribution >= 0.6 is 0 Å². The Morgan fingerprint density at radius 2 is 2.03 bits per heavy atom. The van der Waals surface area contributed by atoms with Crippen molar-refractivity contribution in [1.29, 1.82) is 0 Å². The number of fused-ring (bicyclic) bond motifs is 5. The fourth-order valence-corrected chi connectivity index (χ4v) is 4.72. The number of carbonyl (C=O) groups is 2. The van der Waals surface area contributed by atoms with Gasteiger partial charge in [0.2, 0.25) is 5.43 Å². The lowest BCUT2D eigenvalue weighted by Gasteiger charge is -2.35. The molecule has 0 spiro atoms. The molecule has 8 heteroatoms. The lowest BCUT2D eigenvalue weighted by molar-refractivity contribution is 0.0663. The van der Waals surface area contributed by atoms with E-state index in [2.05, 4.69) is 5.32 Å². The number of halogens is 1. The number of amides is 2. The number of aryl methyl sites for hydroxylation is 1. The molecule has 1 aromatic carbocycles. The first-order valence-corrected chi connectivity index (χ1v) is 10.1. The van der Waals surface area contributed by atoms with Gasteiger partial charge in [-0.3, -0.25) is 14.4 Å². The number of rotatable bonds is 3. The summed E-state index contributed by atoms with van der Waals surface area (Å²) in [6.45, 7) is 2.84. The van der Waals surface area contributed by atoms with Gasteiger partial charge in [0.25, 0.3) is 11.8 Å². The van der Waals surface area contributed by atoms with Crippen molar-refractivity contribution in [2.24, 2.45) is 11.8 Å². The Kier molecular flexibility index (Phi) is 4.20. The minimum atomic E-state index is -0.888. The highest BCUT2D eigenvalue weighted by Crippen LogP contribution is 2.49. The lowest BCUT2D eigenvalue weighted by Crippen LogP contribution is -2.45. The molecular weight excluding hydrogens is 389 g/mol. The van der Waals surface area contributed by atoms with Crippen LogP contribution in [-0.4, -0.2) is 39.5 Å². The molecule has 3 heterocycles.